The molecule has 0 aliphatic carbocycles. The van der Waals surface area contributed by atoms with Crippen molar-refractivity contribution >= 4 is 10.1 Å². The molecule has 0 aliphatic rings. The number of unbranched alkanes of at least 4 members (excludes halogenated alkanes) is 6. The number of alkyl halides is 2. The van der Waals surface area contributed by atoms with Crippen molar-refractivity contribution < 1.29 is 21.8 Å². The molecule has 0 aromatic carbocycles. The van der Waals surface area contributed by atoms with E-state index in [9.17, 15) is 17.2 Å². The van der Waals surface area contributed by atoms with Crippen LogP contribution in [-0.2, 0) is 10.1 Å². The smallest absolute Gasteiger partial charge is 0.281 e. The van der Waals surface area contributed by atoms with Crippen molar-refractivity contribution in [2.24, 2.45) is 0 Å². The molecule has 98 valence electrons. The summed E-state index contributed by atoms with van der Waals surface area (Å²) in [4.78, 5) is 0. The van der Waals surface area contributed by atoms with E-state index in [0.717, 1.165) is 32.1 Å². The van der Waals surface area contributed by atoms with Gasteiger partial charge in [0.2, 0.25) is 0 Å². The van der Waals surface area contributed by atoms with Crippen LogP contribution in [-0.4, -0.2) is 18.2 Å². The Bertz CT molecular complexity index is 276. The van der Waals surface area contributed by atoms with Gasteiger partial charge in [-0.15, -0.1) is 0 Å². The van der Waals surface area contributed by atoms with E-state index in [2.05, 4.69) is 6.92 Å². The van der Waals surface area contributed by atoms with Gasteiger partial charge in [0.15, 0.2) is 0 Å². The maximum absolute atomic E-state index is 12.7. The quantitative estimate of drug-likeness (QED) is 0.507. The molecule has 3 nitrogen and oxygen atoms in total. The van der Waals surface area contributed by atoms with Crippen LogP contribution in [0.1, 0.15) is 58.3 Å². The van der Waals surface area contributed by atoms with Crippen LogP contribution >= 0.6 is 0 Å². The van der Waals surface area contributed by atoms with Crippen molar-refractivity contribution in [2.75, 3.05) is 0 Å². The summed E-state index contributed by atoms with van der Waals surface area (Å²) < 4.78 is 54.2. The third kappa shape index (κ3) is 6.37. The second kappa shape index (κ2) is 7.17. The average Bonchev–Trinajstić information content (AvgIpc) is 2.14. The number of rotatable bonds is 9. The van der Waals surface area contributed by atoms with E-state index in [1.54, 1.807) is 0 Å². The highest BCUT2D eigenvalue weighted by Gasteiger charge is 2.42. The lowest BCUT2D eigenvalue weighted by atomic mass is 10.1. The number of hydrogen-bond donors (Lipinski definition) is 1. The summed E-state index contributed by atoms with van der Waals surface area (Å²) in [5.74, 6) is 0. The summed E-state index contributed by atoms with van der Waals surface area (Å²) in [5, 5.41) is -3.99. The number of halogens is 2. The SMILES string of the molecule is CCCCCCCCCC(F)(F)S(=O)(=O)O. The zero-order valence-corrected chi connectivity index (χ0v) is 10.4. The molecule has 16 heavy (non-hydrogen) atoms. The highest BCUT2D eigenvalue weighted by Crippen LogP contribution is 2.27. The highest BCUT2D eigenvalue weighted by atomic mass is 32.2. The summed E-state index contributed by atoms with van der Waals surface area (Å²) in [6.45, 7) is 2.09. The molecule has 0 radical (unpaired) electrons. The maximum atomic E-state index is 12.7. The molecule has 0 saturated carbocycles. The molecule has 0 heterocycles. The fourth-order valence-electron chi connectivity index (χ4n) is 1.42. The van der Waals surface area contributed by atoms with Crippen molar-refractivity contribution in [3.8, 4) is 0 Å². The van der Waals surface area contributed by atoms with Crippen molar-refractivity contribution in [2.45, 2.75) is 63.5 Å². The van der Waals surface area contributed by atoms with Gasteiger partial charge in [0.1, 0.15) is 0 Å². The van der Waals surface area contributed by atoms with Crippen LogP contribution in [0, 0.1) is 0 Å². The molecule has 0 atom stereocenters. The van der Waals surface area contributed by atoms with Gasteiger partial charge >= 0.3 is 15.4 Å². The lowest BCUT2D eigenvalue weighted by molar-refractivity contribution is 0.0683. The van der Waals surface area contributed by atoms with E-state index >= 15 is 0 Å². The molecule has 0 fully saturated rings. The minimum absolute atomic E-state index is 0.124. The van der Waals surface area contributed by atoms with Crippen molar-refractivity contribution in [1.29, 1.82) is 0 Å². The number of hydrogen-bond acceptors (Lipinski definition) is 2. The Morgan fingerprint density at radius 2 is 1.44 bits per heavy atom. The first-order chi connectivity index (χ1) is 7.31. The largest absolute Gasteiger partial charge is 0.370 e. The molecule has 0 spiro atoms. The van der Waals surface area contributed by atoms with Crippen LogP contribution < -0.4 is 0 Å². The average molecular weight is 258 g/mol. The molecule has 0 saturated heterocycles. The minimum Gasteiger partial charge on any atom is -0.281 e. The van der Waals surface area contributed by atoms with Crippen molar-refractivity contribution in [3.63, 3.8) is 0 Å². The van der Waals surface area contributed by atoms with Gasteiger partial charge in [0.25, 0.3) is 0 Å². The van der Waals surface area contributed by atoms with Crippen molar-refractivity contribution in [3.05, 3.63) is 0 Å². The van der Waals surface area contributed by atoms with E-state index in [1.807, 2.05) is 0 Å². The van der Waals surface area contributed by atoms with Gasteiger partial charge in [-0.25, -0.2) is 0 Å². The van der Waals surface area contributed by atoms with Crippen LogP contribution in [0.3, 0.4) is 0 Å². The van der Waals surface area contributed by atoms with E-state index in [-0.39, 0.29) is 6.42 Å². The normalized spacial score (nSPS) is 13.0. The summed E-state index contributed by atoms with van der Waals surface area (Å²) in [7, 11) is -5.24. The van der Waals surface area contributed by atoms with Crippen LogP contribution in [0.2, 0.25) is 0 Å². The van der Waals surface area contributed by atoms with Gasteiger partial charge in [0.05, 0.1) is 0 Å². The van der Waals surface area contributed by atoms with Gasteiger partial charge in [-0.05, 0) is 6.42 Å². The molecule has 0 aromatic rings. The third-order valence-corrected chi connectivity index (χ3v) is 3.41. The van der Waals surface area contributed by atoms with E-state index in [4.69, 9.17) is 4.55 Å². The standard InChI is InChI=1S/C10H20F2O3S/c1-2-3-4-5-6-7-8-9-10(11,12)16(13,14)15/h2-9H2,1H3,(H,13,14,15). The van der Waals surface area contributed by atoms with E-state index in [0.29, 0.717) is 6.42 Å². The fraction of sp³-hybridized carbons (Fsp3) is 1.00. The fourth-order valence-corrected chi connectivity index (χ4v) is 1.82. The van der Waals surface area contributed by atoms with E-state index in [1.165, 1.54) is 0 Å². The first-order valence-electron chi connectivity index (χ1n) is 5.66. The first-order valence-corrected chi connectivity index (χ1v) is 7.10. The second-order valence-electron chi connectivity index (χ2n) is 3.98. The molecule has 0 bridgehead atoms. The summed E-state index contributed by atoms with van der Waals surface area (Å²) >= 11 is 0. The lowest BCUT2D eigenvalue weighted by Gasteiger charge is -2.12. The van der Waals surface area contributed by atoms with Crippen LogP contribution in [0.25, 0.3) is 0 Å². The lowest BCUT2D eigenvalue weighted by Crippen LogP contribution is -2.27. The van der Waals surface area contributed by atoms with Crippen molar-refractivity contribution in [1.82, 2.24) is 0 Å². The van der Waals surface area contributed by atoms with Gasteiger partial charge in [-0.3, -0.25) is 4.55 Å². The molecule has 0 aromatic heterocycles. The molecule has 0 aliphatic heterocycles. The Hall–Kier alpha value is -0.230. The Kier molecular flexibility index (Phi) is 7.06. The predicted octanol–water partition coefficient (Wildman–Crippen LogP) is 3.61. The molecule has 0 rings (SSSR count). The molecule has 0 amide bonds. The first kappa shape index (κ1) is 15.8. The molecular weight excluding hydrogens is 238 g/mol. The minimum atomic E-state index is -5.24. The van der Waals surface area contributed by atoms with Gasteiger partial charge in [-0.2, -0.15) is 17.2 Å². The Morgan fingerprint density at radius 3 is 1.88 bits per heavy atom. The monoisotopic (exact) mass is 258 g/mol. The Balaban J connectivity index is 3.59. The third-order valence-electron chi connectivity index (χ3n) is 2.45. The molecule has 1 N–H and O–H groups in total. The molecule has 0 unspecified atom stereocenters. The Labute approximate surface area is 96.0 Å². The topological polar surface area (TPSA) is 54.4 Å². The van der Waals surface area contributed by atoms with Crippen LogP contribution in [0.5, 0.6) is 0 Å². The molecular formula is C10H20F2O3S. The Morgan fingerprint density at radius 1 is 1.00 bits per heavy atom. The maximum Gasteiger partial charge on any atom is 0.370 e. The second-order valence-corrected chi connectivity index (χ2v) is 5.53. The molecule has 6 heteroatoms. The van der Waals surface area contributed by atoms with Gasteiger partial charge in [-0.1, -0.05) is 45.4 Å². The van der Waals surface area contributed by atoms with Gasteiger partial charge in [0, 0.05) is 6.42 Å². The van der Waals surface area contributed by atoms with Crippen LogP contribution in [0.15, 0.2) is 0 Å². The zero-order chi connectivity index (χ0) is 12.7. The highest BCUT2D eigenvalue weighted by molar-refractivity contribution is 7.86. The van der Waals surface area contributed by atoms with Crippen LogP contribution in [0.4, 0.5) is 8.78 Å². The summed E-state index contributed by atoms with van der Waals surface area (Å²) in [6.07, 6.45) is 5.09. The van der Waals surface area contributed by atoms with E-state index < -0.39 is 21.8 Å². The predicted molar refractivity (Wildman–Crippen MR) is 59.1 cm³/mol. The zero-order valence-electron chi connectivity index (χ0n) is 9.58. The summed E-state index contributed by atoms with van der Waals surface area (Å²) in [5.41, 5.74) is 0. The summed E-state index contributed by atoms with van der Waals surface area (Å²) in [6, 6.07) is 0. The van der Waals surface area contributed by atoms with Gasteiger partial charge < -0.3 is 0 Å².